The summed E-state index contributed by atoms with van der Waals surface area (Å²) < 4.78 is 5.12. The number of nitro groups is 1. The molecule has 5 heteroatoms. The van der Waals surface area contributed by atoms with Crippen LogP contribution in [0.15, 0.2) is 59.2 Å². The van der Waals surface area contributed by atoms with Crippen molar-refractivity contribution < 1.29 is 9.34 Å². The molecule has 0 saturated carbocycles. The third-order valence-electron chi connectivity index (χ3n) is 2.58. The van der Waals surface area contributed by atoms with Crippen LogP contribution < -0.4 is 0 Å². The van der Waals surface area contributed by atoms with E-state index in [0.717, 1.165) is 0 Å². The van der Waals surface area contributed by atoms with Crippen molar-refractivity contribution in [1.29, 1.82) is 5.26 Å². The Morgan fingerprint density at radius 2 is 2.05 bits per heavy atom. The molecule has 5 nitrogen and oxygen atoms in total. The van der Waals surface area contributed by atoms with Gasteiger partial charge in [-0.2, -0.15) is 5.26 Å². The zero-order valence-corrected chi connectivity index (χ0v) is 10.4. The van der Waals surface area contributed by atoms with Gasteiger partial charge >= 0.3 is 0 Å². The minimum atomic E-state index is -0.476. The van der Waals surface area contributed by atoms with E-state index in [0.29, 0.717) is 16.9 Å². The fraction of sp³-hybridized carbons (Fsp3) is 0. The lowest BCUT2D eigenvalue weighted by Crippen LogP contribution is -1.88. The summed E-state index contributed by atoms with van der Waals surface area (Å²) in [7, 11) is 0. The molecular weight excluding hydrogens is 256 g/mol. The topological polar surface area (TPSA) is 80.1 Å². The van der Waals surface area contributed by atoms with Crippen molar-refractivity contribution in [2.45, 2.75) is 0 Å². The second-order valence-electron chi connectivity index (χ2n) is 3.87. The van der Waals surface area contributed by atoms with Crippen LogP contribution in [-0.4, -0.2) is 4.92 Å². The highest BCUT2D eigenvalue weighted by molar-refractivity contribution is 5.78. The maximum Gasteiger partial charge on any atom is 0.269 e. The van der Waals surface area contributed by atoms with Crippen molar-refractivity contribution in [3.63, 3.8) is 0 Å². The van der Waals surface area contributed by atoms with Crippen LogP contribution in [0.2, 0.25) is 0 Å². The number of benzene rings is 1. The van der Waals surface area contributed by atoms with Crippen molar-refractivity contribution in [2.75, 3.05) is 0 Å². The Bertz CT molecular complexity index is 690. The molecule has 0 unspecified atom stereocenters. The van der Waals surface area contributed by atoms with Crippen LogP contribution in [0.4, 0.5) is 5.69 Å². The van der Waals surface area contributed by atoms with Crippen LogP contribution in [0, 0.1) is 21.4 Å². The predicted molar refractivity (Wildman–Crippen MR) is 74.4 cm³/mol. The van der Waals surface area contributed by atoms with Crippen molar-refractivity contribution in [1.82, 2.24) is 0 Å². The summed E-state index contributed by atoms with van der Waals surface area (Å²) >= 11 is 0. The van der Waals surface area contributed by atoms with Gasteiger partial charge in [-0.3, -0.25) is 10.1 Å². The number of nitrogens with zero attached hydrogens (tertiary/aromatic N) is 2. The van der Waals surface area contributed by atoms with E-state index in [2.05, 4.69) is 6.07 Å². The molecular formula is C15H10N2O3. The number of nitriles is 1. The number of non-ortho nitro benzene ring substituents is 1. The van der Waals surface area contributed by atoms with Gasteiger partial charge in [-0.05, 0) is 42.0 Å². The van der Waals surface area contributed by atoms with Crippen LogP contribution >= 0.6 is 0 Å². The van der Waals surface area contributed by atoms with E-state index in [-0.39, 0.29) is 5.69 Å². The molecule has 1 aromatic heterocycles. The van der Waals surface area contributed by atoms with E-state index in [9.17, 15) is 10.1 Å². The number of rotatable bonds is 4. The van der Waals surface area contributed by atoms with Crippen LogP contribution in [0.5, 0.6) is 0 Å². The van der Waals surface area contributed by atoms with E-state index in [1.54, 1.807) is 48.8 Å². The van der Waals surface area contributed by atoms with Crippen molar-refractivity contribution in [3.8, 4) is 6.07 Å². The molecule has 0 aliphatic carbocycles. The summed E-state index contributed by atoms with van der Waals surface area (Å²) in [6.45, 7) is 0. The molecule has 20 heavy (non-hydrogen) atoms. The van der Waals surface area contributed by atoms with E-state index >= 15 is 0 Å². The molecule has 1 aromatic carbocycles. The summed E-state index contributed by atoms with van der Waals surface area (Å²) in [5.74, 6) is 0.683. The summed E-state index contributed by atoms with van der Waals surface area (Å²) in [4.78, 5) is 10.1. The average Bonchev–Trinajstić information content (AvgIpc) is 2.97. The Morgan fingerprint density at radius 3 is 2.60 bits per heavy atom. The maximum absolute atomic E-state index is 10.6. The minimum absolute atomic E-state index is 0.00262. The molecule has 0 saturated heterocycles. The van der Waals surface area contributed by atoms with Gasteiger partial charge in [0, 0.05) is 12.1 Å². The zero-order chi connectivity index (χ0) is 14.4. The van der Waals surface area contributed by atoms with Gasteiger partial charge in [0.05, 0.1) is 22.8 Å². The molecule has 0 radical (unpaired) electrons. The summed E-state index contributed by atoms with van der Waals surface area (Å²) in [6.07, 6.45) is 6.61. The van der Waals surface area contributed by atoms with Crippen LogP contribution in [-0.2, 0) is 0 Å². The third kappa shape index (κ3) is 3.21. The van der Waals surface area contributed by atoms with Gasteiger partial charge in [-0.25, -0.2) is 0 Å². The van der Waals surface area contributed by atoms with Gasteiger partial charge in [0.1, 0.15) is 5.76 Å². The first kappa shape index (κ1) is 13.3. The highest BCUT2D eigenvalue weighted by atomic mass is 16.6. The molecule has 0 amide bonds. The molecule has 0 bridgehead atoms. The van der Waals surface area contributed by atoms with E-state index in [4.69, 9.17) is 9.68 Å². The third-order valence-corrected chi connectivity index (χ3v) is 2.58. The molecule has 2 aromatic rings. The van der Waals surface area contributed by atoms with Gasteiger partial charge in [0.25, 0.3) is 5.69 Å². The molecule has 0 atom stereocenters. The number of hydrogen-bond acceptors (Lipinski definition) is 4. The lowest BCUT2D eigenvalue weighted by Gasteiger charge is -1.97. The first-order chi connectivity index (χ1) is 9.70. The first-order valence-electron chi connectivity index (χ1n) is 5.77. The Labute approximate surface area is 115 Å². The Morgan fingerprint density at radius 1 is 1.30 bits per heavy atom. The minimum Gasteiger partial charge on any atom is -0.465 e. The smallest absolute Gasteiger partial charge is 0.269 e. The largest absolute Gasteiger partial charge is 0.465 e. The highest BCUT2D eigenvalue weighted by Crippen LogP contribution is 2.18. The second-order valence-corrected chi connectivity index (χ2v) is 3.87. The van der Waals surface area contributed by atoms with E-state index in [1.165, 1.54) is 12.1 Å². The molecule has 98 valence electrons. The number of nitro benzene ring substituents is 1. The van der Waals surface area contributed by atoms with Crippen LogP contribution in [0.3, 0.4) is 0 Å². The predicted octanol–water partition coefficient (Wildman–Crippen LogP) is 3.81. The van der Waals surface area contributed by atoms with Gasteiger partial charge in [-0.15, -0.1) is 0 Å². The Hall–Kier alpha value is -3.13. The molecule has 1 heterocycles. The van der Waals surface area contributed by atoms with Gasteiger partial charge in [0.15, 0.2) is 0 Å². The van der Waals surface area contributed by atoms with E-state index in [1.807, 2.05) is 0 Å². The maximum atomic E-state index is 10.6. The van der Waals surface area contributed by atoms with Gasteiger partial charge in [0.2, 0.25) is 0 Å². The highest BCUT2D eigenvalue weighted by Gasteiger charge is 2.05. The molecule has 0 N–H and O–H groups in total. The lowest BCUT2D eigenvalue weighted by molar-refractivity contribution is -0.384. The summed E-state index contributed by atoms with van der Waals surface area (Å²) in [5, 5.41) is 19.7. The fourth-order valence-electron chi connectivity index (χ4n) is 1.59. The SMILES string of the molecule is N#C/C(=C/C=C/c1ccco1)c1ccc([N+](=O)[O-])cc1. The molecule has 0 aliphatic rings. The van der Waals surface area contributed by atoms with Crippen LogP contribution in [0.25, 0.3) is 11.6 Å². The summed E-state index contributed by atoms with van der Waals surface area (Å²) in [6, 6.07) is 11.5. The van der Waals surface area contributed by atoms with Crippen LogP contribution in [0.1, 0.15) is 11.3 Å². The Kier molecular flexibility index (Phi) is 4.10. The lowest BCUT2D eigenvalue weighted by atomic mass is 10.1. The zero-order valence-electron chi connectivity index (χ0n) is 10.4. The second kappa shape index (κ2) is 6.16. The van der Waals surface area contributed by atoms with Gasteiger partial charge < -0.3 is 4.42 Å². The molecule has 2 rings (SSSR count). The molecule has 0 spiro atoms. The first-order valence-corrected chi connectivity index (χ1v) is 5.77. The van der Waals surface area contributed by atoms with Crippen molar-refractivity contribution >= 4 is 17.3 Å². The number of allylic oxidation sites excluding steroid dienone is 3. The normalized spacial score (nSPS) is 11.4. The molecule has 0 aliphatic heterocycles. The Balaban J connectivity index is 2.19. The quantitative estimate of drug-likeness (QED) is 0.365. The van der Waals surface area contributed by atoms with Gasteiger partial charge in [-0.1, -0.05) is 6.08 Å². The average molecular weight is 266 g/mol. The number of hydrogen-bond donors (Lipinski definition) is 0. The molecule has 0 fully saturated rings. The van der Waals surface area contributed by atoms with Crippen molar-refractivity contribution in [3.05, 3.63) is 76.3 Å². The standard InChI is InChI=1S/C15H10N2O3/c16-11-13(3-1-4-15-5-2-10-20-15)12-6-8-14(9-7-12)17(18)19/h1-10H/b4-1+,13-3-. The fourth-order valence-corrected chi connectivity index (χ4v) is 1.59. The van der Waals surface area contributed by atoms with Crippen molar-refractivity contribution in [2.24, 2.45) is 0 Å². The van der Waals surface area contributed by atoms with E-state index < -0.39 is 4.92 Å². The monoisotopic (exact) mass is 266 g/mol. The summed E-state index contributed by atoms with van der Waals surface area (Å²) in [5.41, 5.74) is 1.04. The number of furan rings is 1.